The van der Waals surface area contributed by atoms with Crippen LogP contribution in [0.3, 0.4) is 0 Å². The molecule has 0 saturated heterocycles. The molecule has 140 valence electrons. The normalized spacial score (nSPS) is 11.0. The third-order valence-electron chi connectivity index (χ3n) is 4.26. The molecule has 0 aromatic rings. The maximum absolute atomic E-state index is 9.44. The number of nitrogens with zero attached hydrogens (tertiary/aromatic N) is 1. The van der Waals surface area contributed by atoms with Crippen LogP contribution < -0.4 is 5.11 Å². The lowest BCUT2D eigenvalue weighted by molar-refractivity contribution is -0.929. The Kier molecular flexibility index (Phi) is 19.7. The van der Waals surface area contributed by atoms with Crippen molar-refractivity contribution in [3.8, 4) is 0 Å². The van der Waals surface area contributed by atoms with Crippen molar-refractivity contribution in [2.24, 2.45) is 0 Å². The van der Waals surface area contributed by atoms with Crippen LogP contribution in [-0.2, 0) is 4.79 Å². The monoisotopic (exact) mass is 347 g/mol. The van der Waals surface area contributed by atoms with E-state index in [1.807, 2.05) is 0 Å². The quantitative estimate of drug-likeness (QED) is 0.380. The van der Waals surface area contributed by atoms with E-state index < -0.39 is 5.97 Å². The van der Waals surface area contributed by atoms with Crippen molar-refractivity contribution in [2.75, 3.05) is 31.9 Å². The molecule has 0 aromatic carbocycles. The summed E-state index contributed by atoms with van der Waals surface area (Å²) in [5.41, 5.74) is 0. The van der Waals surface area contributed by atoms with Crippen LogP contribution in [0.2, 0.25) is 0 Å². The molecule has 0 aromatic heterocycles. The van der Waals surface area contributed by atoms with Gasteiger partial charge in [0.1, 0.15) is 0 Å². The third-order valence-corrected chi connectivity index (χ3v) is 4.48. The molecule has 0 N–H and O–H groups in total. The lowest BCUT2D eigenvalue weighted by Gasteiger charge is -2.39. The van der Waals surface area contributed by atoms with Crippen LogP contribution in [0, 0.1) is 0 Å². The molecular formula is C19H41NO2S. The first-order chi connectivity index (χ1) is 11.0. The van der Waals surface area contributed by atoms with Crippen molar-refractivity contribution in [1.82, 2.24) is 0 Å². The van der Waals surface area contributed by atoms with Gasteiger partial charge in [0, 0.05) is 5.97 Å². The molecule has 0 bridgehead atoms. The molecule has 4 heteroatoms. The van der Waals surface area contributed by atoms with E-state index in [0.29, 0.717) is 5.75 Å². The van der Waals surface area contributed by atoms with Gasteiger partial charge in [-0.25, -0.2) is 0 Å². The predicted molar refractivity (Wildman–Crippen MR) is 103 cm³/mol. The van der Waals surface area contributed by atoms with Gasteiger partial charge in [-0.05, 0) is 37.9 Å². The number of carbonyl (C=O) groups excluding carboxylic acids is 1. The Hall–Kier alpha value is -0.220. The van der Waals surface area contributed by atoms with Gasteiger partial charge in [0.25, 0.3) is 0 Å². The van der Waals surface area contributed by atoms with Gasteiger partial charge in [-0.2, -0.15) is 12.6 Å². The Morgan fingerprint density at radius 2 is 1.09 bits per heavy atom. The van der Waals surface area contributed by atoms with Crippen LogP contribution in [0.4, 0.5) is 0 Å². The van der Waals surface area contributed by atoms with E-state index in [1.165, 1.54) is 82.0 Å². The number of carbonyl (C=O) groups is 1. The molecule has 0 unspecified atom stereocenters. The number of quaternary nitrogens is 1. The lowest BCUT2D eigenvalue weighted by atomic mass is 10.1. The highest BCUT2D eigenvalue weighted by Gasteiger charge is 2.24. The molecule has 3 nitrogen and oxygen atoms in total. The highest BCUT2D eigenvalue weighted by Crippen LogP contribution is 2.16. The van der Waals surface area contributed by atoms with Crippen LogP contribution in [0.25, 0.3) is 0 Å². The highest BCUT2D eigenvalue weighted by molar-refractivity contribution is 7.80. The van der Waals surface area contributed by atoms with E-state index in [9.17, 15) is 9.90 Å². The number of thiol groups is 1. The first-order valence-corrected chi connectivity index (χ1v) is 10.3. The maximum atomic E-state index is 9.44. The summed E-state index contributed by atoms with van der Waals surface area (Å²) in [5, 5.41) is 9.44. The van der Waals surface area contributed by atoms with Crippen molar-refractivity contribution in [2.45, 2.75) is 85.5 Å². The minimum Gasteiger partial charge on any atom is -0.550 e. The van der Waals surface area contributed by atoms with Gasteiger partial charge in [-0.1, -0.05) is 53.4 Å². The number of rotatable bonds is 14. The second kappa shape index (κ2) is 18.1. The van der Waals surface area contributed by atoms with E-state index in [0.717, 1.165) is 0 Å². The minimum atomic E-state index is -1.04. The molecule has 0 aliphatic carbocycles. The SMILES string of the molecule is CCCC[N+](CCCC)(CCCC)CCCC.O=C([O-])CCS. The Labute approximate surface area is 150 Å². The Morgan fingerprint density at radius 1 is 0.783 bits per heavy atom. The van der Waals surface area contributed by atoms with Gasteiger partial charge < -0.3 is 14.4 Å². The fraction of sp³-hybridized carbons (Fsp3) is 0.947. The number of carboxylic acid groups (broad SMARTS) is 1. The first kappa shape index (κ1) is 25.0. The van der Waals surface area contributed by atoms with Crippen molar-refractivity contribution >= 4 is 18.6 Å². The highest BCUT2D eigenvalue weighted by atomic mass is 32.1. The summed E-state index contributed by atoms with van der Waals surface area (Å²) in [6, 6.07) is 0. The summed E-state index contributed by atoms with van der Waals surface area (Å²) in [6.45, 7) is 15.0. The van der Waals surface area contributed by atoms with E-state index in [4.69, 9.17) is 0 Å². The number of unbranched alkanes of at least 4 members (excludes halogenated alkanes) is 4. The van der Waals surface area contributed by atoms with Gasteiger partial charge in [0.2, 0.25) is 0 Å². The zero-order valence-electron chi connectivity index (χ0n) is 16.1. The number of aliphatic carboxylic acids is 1. The molecular weight excluding hydrogens is 306 g/mol. The zero-order chi connectivity index (χ0) is 18.0. The van der Waals surface area contributed by atoms with Crippen molar-refractivity contribution in [3.05, 3.63) is 0 Å². The maximum Gasteiger partial charge on any atom is 0.0786 e. The summed E-state index contributed by atoms with van der Waals surface area (Å²) < 4.78 is 1.42. The molecule has 0 spiro atoms. The average molecular weight is 348 g/mol. The molecule has 0 rings (SSSR count). The minimum absolute atomic E-state index is 0.0448. The standard InChI is InChI=1S/C16H36N.C3H6O2S/c1-5-9-13-17(14-10-6-2,15-11-7-3)16-12-8-4;4-3(5)1-2-6/h5-16H2,1-4H3;6H,1-2H2,(H,4,5)/q+1;/p-1. The lowest BCUT2D eigenvalue weighted by Crippen LogP contribution is -2.50. The van der Waals surface area contributed by atoms with Crippen LogP contribution in [0.5, 0.6) is 0 Å². The smallest absolute Gasteiger partial charge is 0.0786 e. The van der Waals surface area contributed by atoms with Gasteiger partial charge in [0.05, 0.1) is 26.2 Å². The fourth-order valence-electron chi connectivity index (χ4n) is 2.74. The molecule has 0 amide bonds. The Balaban J connectivity index is 0. The summed E-state index contributed by atoms with van der Waals surface area (Å²) in [4.78, 5) is 9.44. The molecule has 0 radical (unpaired) electrons. The van der Waals surface area contributed by atoms with E-state index in [-0.39, 0.29) is 6.42 Å². The van der Waals surface area contributed by atoms with Crippen molar-refractivity contribution < 1.29 is 14.4 Å². The summed E-state index contributed by atoms with van der Waals surface area (Å²) in [5.74, 6) is -0.674. The van der Waals surface area contributed by atoms with Gasteiger partial charge in [0.15, 0.2) is 0 Å². The second-order valence-electron chi connectivity index (χ2n) is 6.50. The van der Waals surface area contributed by atoms with Crippen LogP contribution >= 0.6 is 12.6 Å². The molecule has 0 heterocycles. The Morgan fingerprint density at radius 3 is 1.22 bits per heavy atom. The number of hydrogen-bond acceptors (Lipinski definition) is 3. The van der Waals surface area contributed by atoms with E-state index >= 15 is 0 Å². The summed E-state index contributed by atoms with van der Waals surface area (Å²) in [6.07, 6.45) is 11.1. The zero-order valence-corrected chi connectivity index (χ0v) is 17.0. The molecule has 0 aliphatic rings. The number of hydrogen-bond donors (Lipinski definition) is 1. The molecule has 0 saturated carbocycles. The molecule has 0 aliphatic heterocycles. The van der Waals surface area contributed by atoms with E-state index in [1.54, 1.807) is 0 Å². The fourth-order valence-corrected chi connectivity index (χ4v) is 2.92. The molecule has 0 fully saturated rings. The van der Waals surface area contributed by atoms with Crippen molar-refractivity contribution in [1.29, 1.82) is 0 Å². The number of carboxylic acids is 1. The van der Waals surface area contributed by atoms with Gasteiger partial charge in [-0.15, -0.1) is 0 Å². The summed E-state index contributed by atoms with van der Waals surface area (Å²) in [7, 11) is 0. The van der Waals surface area contributed by atoms with E-state index in [2.05, 4.69) is 40.3 Å². The predicted octanol–water partition coefficient (Wildman–Crippen LogP) is 4.06. The second-order valence-corrected chi connectivity index (χ2v) is 6.94. The average Bonchev–Trinajstić information content (AvgIpc) is 2.54. The van der Waals surface area contributed by atoms with Crippen LogP contribution in [0.15, 0.2) is 0 Å². The summed E-state index contributed by atoms with van der Waals surface area (Å²) >= 11 is 3.64. The third kappa shape index (κ3) is 16.4. The van der Waals surface area contributed by atoms with Crippen molar-refractivity contribution in [3.63, 3.8) is 0 Å². The van der Waals surface area contributed by atoms with Gasteiger partial charge in [-0.3, -0.25) is 0 Å². The Bertz CT molecular complexity index is 222. The van der Waals surface area contributed by atoms with Gasteiger partial charge >= 0.3 is 0 Å². The van der Waals surface area contributed by atoms with Crippen LogP contribution in [0.1, 0.15) is 85.5 Å². The topological polar surface area (TPSA) is 40.1 Å². The molecule has 0 atom stereocenters. The molecule has 23 heavy (non-hydrogen) atoms. The largest absolute Gasteiger partial charge is 0.550 e. The van der Waals surface area contributed by atoms with Crippen LogP contribution in [-0.4, -0.2) is 42.4 Å². The first-order valence-electron chi connectivity index (χ1n) is 9.67.